The number of nitrogens with one attached hydrogen (secondary N) is 1. The van der Waals surface area contributed by atoms with E-state index < -0.39 is 5.41 Å². The molecule has 2 fully saturated rings. The van der Waals surface area contributed by atoms with E-state index in [1.165, 1.54) is 0 Å². The van der Waals surface area contributed by atoms with Crippen LogP contribution in [-0.4, -0.2) is 61.9 Å². The quantitative estimate of drug-likeness (QED) is 0.664. The van der Waals surface area contributed by atoms with E-state index in [1.54, 1.807) is 0 Å². The van der Waals surface area contributed by atoms with Gasteiger partial charge in [0, 0.05) is 12.6 Å². The standard InChI is InChI=1S/C11H20N2O3/c1-13-4-2-3-9(5-13)12-10(15)11(6-14)7-16-8-11/h9,14H,2-8H2,1H3,(H,12,15). The lowest BCUT2D eigenvalue weighted by Gasteiger charge is -2.40. The highest BCUT2D eigenvalue weighted by molar-refractivity contribution is 5.84. The number of likely N-dealkylation sites (N-methyl/N-ethyl adjacent to an activating group) is 1. The molecule has 16 heavy (non-hydrogen) atoms. The number of piperidine rings is 1. The van der Waals surface area contributed by atoms with E-state index in [-0.39, 0.29) is 18.6 Å². The molecular formula is C11H20N2O3. The molecular weight excluding hydrogens is 208 g/mol. The predicted molar refractivity (Wildman–Crippen MR) is 59.0 cm³/mol. The van der Waals surface area contributed by atoms with E-state index in [9.17, 15) is 9.90 Å². The van der Waals surface area contributed by atoms with Gasteiger partial charge in [-0.05, 0) is 26.4 Å². The number of amides is 1. The van der Waals surface area contributed by atoms with Crippen LogP contribution in [0.5, 0.6) is 0 Å². The van der Waals surface area contributed by atoms with Gasteiger partial charge in [-0.2, -0.15) is 0 Å². The Bertz CT molecular complexity index is 260. The summed E-state index contributed by atoms with van der Waals surface area (Å²) in [6, 6.07) is 0.218. The van der Waals surface area contributed by atoms with Crippen LogP contribution in [0.25, 0.3) is 0 Å². The molecule has 2 heterocycles. The van der Waals surface area contributed by atoms with Crippen molar-refractivity contribution in [1.29, 1.82) is 0 Å². The van der Waals surface area contributed by atoms with Crippen LogP contribution in [0.15, 0.2) is 0 Å². The molecule has 2 N–H and O–H groups in total. The third kappa shape index (κ3) is 2.21. The van der Waals surface area contributed by atoms with E-state index >= 15 is 0 Å². The summed E-state index contributed by atoms with van der Waals surface area (Å²) in [6.45, 7) is 2.56. The zero-order valence-electron chi connectivity index (χ0n) is 9.74. The van der Waals surface area contributed by atoms with Gasteiger partial charge in [0.25, 0.3) is 0 Å². The van der Waals surface area contributed by atoms with Crippen molar-refractivity contribution in [3.63, 3.8) is 0 Å². The van der Waals surface area contributed by atoms with Gasteiger partial charge in [0.2, 0.25) is 5.91 Å². The number of nitrogens with zero attached hydrogens (tertiary/aromatic N) is 1. The smallest absolute Gasteiger partial charge is 0.233 e. The lowest BCUT2D eigenvalue weighted by atomic mass is 9.85. The third-order valence-electron chi connectivity index (χ3n) is 3.50. The number of ether oxygens (including phenoxy) is 1. The highest BCUT2D eigenvalue weighted by atomic mass is 16.5. The van der Waals surface area contributed by atoms with Gasteiger partial charge in [-0.3, -0.25) is 4.79 Å². The lowest BCUT2D eigenvalue weighted by molar-refractivity contribution is -0.171. The van der Waals surface area contributed by atoms with Crippen LogP contribution < -0.4 is 5.32 Å². The highest BCUT2D eigenvalue weighted by Gasteiger charge is 2.46. The Morgan fingerprint density at radius 1 is 1.62 bits per heavy atom. The van der Waals surface area contributed by atoms with Gasteiger partial charge in [0.15, 0.2) is 0 Å². The van der Waals surface area contributed by atoms with Crippen molar-refractivity contribution in [1.82, 2.24) is 10.2 Å². The van der Waals surface area contributed by atoms with E-state index in [2.05, 4.69) is 17.3 Å². The molecule has 5 nitrogen and oxygen atoms in total. The first-order chi connectivity index (χ1) is 7.66. The van der Waals surface area contributed by atoms with Gasteiger partial charge in [-0.25, -0.2) is 0 Å². The zero-order chi connectivity index (χ0) is 11.6. The minimum absolute atomic E-state index is 0.0541. The first-order valence-electron chi connectivity index (χ1n) is 5.84. The third-order valence-corrected chi connectivity index (χ3v) is 3.50. The molecule has 2 aliphatic rings. The van der Waals surface area contributed by atoms with Gasteiger partial charge in [0.05, 0.1) is 19.8 Å². The molecule has 0 aromatic carbocycles. The summed E-state index contributed by atoms with van der Waals surface area (Å²) in [5.74, 6) is -0.0541. The van der Waals surface area contributed by atoms with Crippen LogP contribution in [0.4, 0.5) is 0 Å². The first-order valence-corrected chi connectivity index (χ1v) is 5.84. The summed E-state index contributed by atoms with van der Waals surface area (Å²) in [6.07, 6.45) is 2.14. The minimum atomic E-state index is -0.671. The second-order valence-electron chi connectivity index (χ2n) is 5.01. The summed E-state index contributed by atoms with van der Waals surface area (Å²) in [5.41, 5.74) is -0.671. The SMILES string of the molecule is CN1CCCC(NC(=O)C2(CO)COC2)C1. The van der Waals surface area contributed by atoms with Crippen molar-refractivity contribution >= 4 is 5.91 Å². The molecule has 0 bridgehead atoms. The monoisotopic (exact) mass is 228 g/mol. The fourth-order valence-corrected chi connectivity index (χ4v) is 2.27. The molecule has 92 valence electrons. The topological polar surface area (TPSA) is 61.8 Å². The Kier molecular flexibility index (Phi) is 3.47. The summed E-state index contributed by atoms with van der Waals surface area (Å²) < 4.78 is 5.03. The van der Waals surface area contributed by atoms with Crippen LogP contribution >= 0.6 is 0 Å². The Morgan fingerprint density at radius 3 is 2.88 bits per heavy atom. The first kappa shape index (κ1) is 11.8. The van der Waals surface area contributed by atoms with Crippen LogP contribution in [-0.2, 0) is 9.53 Å². The van der Waals surface area contributed by atoms with Crippen LogP contribution in [0, 0.1) is 5.41 Å². The van der Waals surface area contributed by atoms with E-state index in [1.807, 2.05) is 0 Å². The number of hydrogen-bond donors (Lipinski definition) is 2. The van der Waals surface area contributed by atoms with Crippen molar-refractivity contribution in [2.24, 2.45) is 5.41 Å². The van der Waals surface area contributed by atoms with Gasteiger partial charge in [0.1, 0.15) is 5.41 Å². The average Bonchev–Trinajstić information content (AvgIpc) is 2.16. The van der Waals surface area contributed by atoms with Crippen molar-refractivity contribution in [3.05, 3.63) is 0 Å². The second kappa shape index (κ2) is 4.69. The Balaban J connectivity index is 1.86. The van der Waals surface area contributed by atoms with Crippen molar-refractivity contribution < 1.29 is 14.6 Å². The number of likely N-dealkylation sites (tertiary alicyclic amines) is 1. The van der Waals surface area contributed by atoms with E-state index in [0.717, 1.165) is 25.9 Å². The summed E-state index contributed by atoms with van der Waals surface area (Å²) in [4.78, 5) is 14.2. The number of carbonyl (C=O) groups is 1. The number of aliphatic hydroxyl groups excluding tert-OH is 1. The number of carbonyl (C=O) groups excluding carboxylic acids is 1. The predicted octanol–water partition coefficient (Wildman–Crippen LogP) is -0.794. The number of hydrogen-bond acceptors (Lipinski definition) is 4. The summed E-state index contributed by atoms with van der Waals surface area (Å²) >= 11 is 0. The molecule has 1 unspecified atom stereocenters. The van der Waals surface area contributed by atoms with Gasteiger partial charge in [-0.15, -0.1) is 0 Å². The Labute approximate surface area is 95.8 Å². The van der Waals surface area contributed by atoms with Gasteiger partial charge < -0.3 is 20.1 Å². The second-order valence-corrected chi connectivity index (χ2v) is 5.01. The van der Waals surface area contributed by atoms with Crippen LogP contribution in [0.2, 0.25) is 0 Å². The summed E-state index contributed by atoms with van der Waals surface area (Å²) in [5, 5.41) is 12.3. The number of aliphatic hydroxyl groups is 1. The molecule has 2 rings (SSSR count). The van der Waals surface area contributed by atoms with Crippen molar-refractivity contribution in [2.75, 3.05) is 40.0 Å². The molecule has 0 saturated carbocycles. The van der Waals surface area contributed by atoms with Gasteiger partial charge in [-0.1, -0.05) is 0 Å². The molecule has 2 aliphatic heterocycles. The molecule has 0 radical (unpaired) electrons. The lowest BCUT2D eigenvalue weighted by Crippen LogP contribution is -2.59. The Morgan fingerprint density at radius 2 is 2.38 bits per heavy atom. The fourth-order valence-electron chi connectivity index (χ4n) is 2.27. The van der Waals surface area contributed by atoms with Crippen LogP contribution in [0.1, 0.15) is 12.8 Å². The molecule has 0 aliphatic carbocycles. The van der Waals surface area contributed by atoms with Gasteiger partial charge >= 0.3 is 0 Å². The largest absolute Gasteiger partial charge is 0.395 e. The fraction of sp³-hybridized carbons (Fsp3) is 0.909. The molecule has 0 aromatic rings. The van der Waals surface area contributed by atoms with E-state index in [0.29, 0.717) is 13.2 Å². The molecule has 5 heteroatoms. The maximum atomic E-state index is 12.0. The highest BCUT2D eigenvalue weighted by Crippen LogP contribution is 2.27. The normalized spacial score (nSPS) is 29.5. The minimum Gasteiger partial charge on any atom is -0.395 e. The molecule has 0 aromatic heterocycles. The maximum Gasteiger partial charge on any atom is 0.233 e. The Hall–Kier alpha value is -0.650. The molecule has 1 atom stereocenters. The maximum absolute atomic E-state index is 12.0. The summed E-state index contributed by atoms with van der Waals surface area (Å²) in [7, 11) is 2.06. The molecule has 2 saturated heterocycles. The number of rotatable bonds is 3. The molecule has 1 amide bonds. The average molecular weight is 228 g/mol. The van der Waals surface area contributed by atoms with Crippen molar-refractivity contribution in [3.8, 4) is 0 Å². The van der Waals surface area contributed by atoms with Crippen LogP contribution in [0.3, 0.4) is 0 Å². The van der Waals surface area contributed by atoms with E-state index in [4.69, 9.17) is 4.74 Å². The van der Waals surface area contributed by atoms with Crippen molar-refractivity contribution in [2.45, 2.75) is 18.9 Å². The zero-order valence-corrected chi connectivity index (χ0v) is 9.74. The molecule has 0 spiro atoms.